The van der Waals surface area contributed by atoms with Gasteiger partial charge in [0.15, 0.2) is 0 Å². The zero-order chi connectivity index (χ0) is 13.4. The topological polar surface area (TPSA) is 116 Å². The summed E-state index contributed by atoms with van der Waals surface area (Å²) in [5, 5.41) is 26.9. The third-order valence-electron chi connectivity index (χ3n) is 2.72. The van der Waals surface area contributed by atoms with Crippen molar-refractivity contribution in [1.82, 2.24) is 9.55 Å². The maximum atomic E-state index is 11.6. The highest BCUT2D eigenvalue weighted by Gasteiger charge is 2.43. The van der Waals surface area contributed by atoms with Crippen molar-refractivity contribution in [3.63, 3.8) is 0 Å². The summed E-state index contributed by atoms with van der Waals surface area (Å²) < 4.78 is 1.04. The molecule has 0 spiro atoms. The third-order valence-corrected chi connectivity index (χ3v) is 4.55. The minimum absolute atomic E-state index is 0.190. The molecule has 2 heterocycles. The van der Waals surface area contributed by atoms with Crippen LogP contribution in [0.15, 0.2) is 15.8 Å². The van der Waals surface area contributed by atoms with Crippen molar-refractivity contribution in [2.24, 2.45) is 0 Å². The van der Waals surface area contributed by atoms with Crippen LogP contribution in [0.2, 0.25) is 5.02 Å². The fraction of sp³-hybridized carbons (Fsp3) is 0.556. The molecule has 2 rings (SSSR count). The van der Waals surface area contributed by atoms with Gasteiger partial charge in [-0.25, -0.2) is 4.79 Å². The summed E-state index contributed by atoms with van der Waals surface area (Å²) in [6.07, 6.45) is -1.27. The van der Waals surface area contributed by atoms with Crippen molar-refractivity contribution < 1.29 is 15.3 Å². The average Bonchev–Trinajstić information content (AvgIpc) is 2.61. The van der Waals surface area contributed by atoms with E-state index >= 15 is 0 Å². The van der Waals surface area contributed by atoms with E-state index in [4.69, 9.17) is 16.7 Å². The Morgan fingerprint density at radius 1 is 1.39 bits per heavy atom. The lowest BCUT2D eigenvalue weighted by Crippen LogP contribution is -2.37. The second-order valence-electron chi connectivity index (χ2n) is 3.87. The van der Waals surface area contributed by atoms with Gasteiger partial charge in [-0.15, -0.1) is 11.8 Å². The van der Waals surface area contributed by atoms with Crippen LogP contribution in [0.4, 0.5) is 0 Å². The summed E-state index contributed by atoms with van der Waals surface area (Å²) in [7, 11) is 0. The number of H-pyrrole nitrogens is 1. The molecule has 1 aromatic rings. The molecule has 0 radical (unpaired) electrons. The molecule has 0 aromatic carbocycles. The Balaban J connectivity index is 2.42. The van der Waals surface area contributed by atoms with E-state index in [9.17, 15) is 19.8 Å². The van der Waals surface area contributed by atoms with Crippen LogP contribution < -0.4 is 11.2 Å². The van der Waals surface area contributed by atoms with E-state index in [1.54, 1.807) is 0 Å². The van der Waals surface area contributed by atoms with Crippen LogP contribution in [-0.4, -0.2) is 48.9 Å². The summed E-state index contributed by atoms with van der Waals surface area (Å²) in [5.41, 5.74) is -1.44. The predicted molar refractivity (Wildman–Crippen MR) is 65.8 cm³/mol. The number of rotatable bonds is 2. The van der Waals surface area contributed by atoms with E-state index in [0.717, 1.165) is 22.5 Å². The first-order chi connectivity index (χ1) is 8.45. The van der Waals surface area contributed by atoms with Crippen molar-refractivity contribution in [3.8, 4) is 0 Å². The second-order valence-corrected chi connectivity index (χ2v) is 5.64. The largest absolute Gasteiger partial charge is 0.395 e. The first-order valence-electron chi connectivity index (χ1n) is 5.09. The molecule has 100 valence electrons. The van der Waals surface area contributed by atoms with Crippen molar-refractivity contribution in [3.05, 3.63) is 32.1 Å². The van der Waals surface area contributed by atoms with Crippen molar-refractivity contribution in [1.29, 1.82) is 0 Å². The minimum atomic E-state index is -1.23. The molecule has 1 aromatic heterocycles. The highest BCUT2D eigenvalue weighted by atomic mass is 35.5. The fourth-order valence-electron chi connectivity index (χ4n) is 1.76. The number of aliphatic hydroxyl groups is 3. The third kappa shape index (κ3) is 2.21. The number of aromatic nitrogens is 2. The van der Waals surface area contributed by atoms with Crippen LogP contribution in [0.5, 0.6) is 0 Å². The lowest BCUT2D eigenvalue weighted by atomic mass is 10.1. The van der Waals surface area contributed by atoms with Gasteiger partial charge in [0.05, 0.1) is 18.0 Å². The van der Waals surface area contributed by atoms with Gasteiger partial charge in [-0.05, 0) is 0 Å². The Morgan fingerprint density at radius 3 is 2.61 bits per heavy atom. The van der Waals surface area contributed by atoms with Crippen molar-refractivity contribution in [2.45, 2.75) is 22.8 Å². The number of nitrogens with zero attached hydrogens (tertiary/aromatic N) is 1. The van der Waals surface area contributed by atoms with Gasteiger partial charge in [0.25, 0.3) is 5.56 Å². The minimum Gasteiger partial charge on any atom is -0.395 e. The molecular weight excluding hydrogens is 284 g/mol. The van der Waals surface area contributed by atoms with Gasteiger partial charge in [0.2, 0.25) is 0 Å². The number of aliphatic hydroxyl groups excluding tert-OH is 3. The molecule has 1 aliphatic rings. The SMILES string of the molecule is O=c1[nH]c(=O)n(C2S[C@@H](CO)[C@H](O)[C@H]2O)cc1Cl. The quantitative estimate of drug-likeness (QED) is 0.529. The van der Waals surface area contributed by atoms with Crippen molar-refractivity contribution in [2.75, 3.05) is 6.61 Å². The average molecular weight is 295 g/mol. The number of hydrogen-bond donors (Lipinski definition) is 4. The lowest BCUT2D eigenvalue weighted by molar-refractivity contribution is 0.0101. The molecule has 1 aliphatic heterocycles. The molecule has 4 N–H and O–H groups in total. The van der Waals surface area contributed by atoms with Gasteiger partial charge >= 0.3 is 5.69 Å². The number of thioether (sulfide) groups is 1. The Morgan fingerprint density at radius 2 is 2.06 bits per heavy atom. The number of halogens is 1. The highest BCUT2D eigenvalue weighted by molar-refractivity contribution is 8.00. The Bertz CT molecular complexity index is 559. The van der Waals surface area contributed by atoms with E-state index < -0.39 is 34.1 Å². The first kappa shape index (κ1) is 13.6. The van der Waals surface area contributed by atoms with Gasteiger partial charge in [-0.3, -0.25) is 14.3 Å². The Hall–Kier alpha value is -0.800. The first-order valence-corrected chi connectivity index (χ1v) is 6.41. The monoisotopic (exact) mass is 294 g/mol. The van der Waals surface area contributed by atoms with Gasteiger partial charge < -0.3 is 15.3 Å². The summed E-state index contributed by atoms with van der Waals surface area (Å²) in [4.78, 5) is 24.7. The summed E-state index contributed by atoms with van der Waals surface area (Å²) in [6, 6.07) is 0. The Labute approximate surface area is 110 Å². The summed E-state index contributed by atoms with van der Waals surface area (Å²) >= 11 is 6.65. The predicted octanol–water partition coefficient (Wildman–Crippen LogP) is -1.48. The van der Waals surface area contributed by atoms with Crippen LogP contribution in [0.1, 0.15) is 5.37 Å². The molecule has 0 bridgehead atoms. The summed E-state index contributed by atoms with van der Waals surface area (Å²) in [6.45, 7) is -0.328. The molecule has 0 saturated carbocycles. The maximum Gasteiger partial charge on any atom is 0.329 e. The number of hydrogen-bond acceptors (Lipinski definition) is 6. The molecular formula is C9H11ClN2O5S. The molecule has 18 heavy (non-hydrogen) atoms. The fourth-order valence-corrected chi connectivity index (χ4v) is 3.29. The standard InChI is InChI=1S/C9H11ClN2O5S/c10-3-1-12(9(17)11-7(3)16)8-6(15)5(14)4(2-13)18-8/h1,4-6,8,13-15H,2H2,(H,11,16,17)/t4-,5-,6+,8?/m0/s1. The maximum absolute atomic E-state index is 11.6. The van der Waals surface area contributed by atoms with Gasteiger partial charge in [0.1, 0.15) is 16.5 Å². The number of aromatic amines is 1. The Kier molecular flexibility index (Phi) is 3.83. The van der Waals surface area contributed by atoms with Crippen LogP contribution in [0.25, 0.3) is 0 Å². The lowest BCUT2D eigenvalue weighted by Gasteiger charge is -2.17. The van der Waals surface area contributed by atoms with Crippen LogP contribution in [-0.2, 0) is 0 Å². The second kappa shape index (κ2) is 5.06. The molecule has 4 atom stereocenters. The van der Waals surface area contributed by atoms with Crippen molar-refractivity contribution >= 4 is 23.4 Å². The zero-order valence-electron chi connectivity index (χ0n) is 8.99. The normalized spacial score (nSPS) is 31.8. The smallest absolute Gasteiger partial charge is 0.329 e. The van der Waals surface area contributed by atoms with E-state index in [-0.39, 0.29) is 11.6 Å². The molecule has 1 saturated heterocycles. The number of nitrogens with one attached hydrogen (secondary N) is 1. The molecule has 1 unspecified atom stereocenters. The van der Waals surface area contributed by atoms with Gasteiger partial charge in [-0.2, -0.15) is 0 Å². The van der Waals surface area contributed by atoms with E-state index in [1.807, 2.05) is 4.98 Å². The molecule has 7 nitrogen and oxygen atoms in total. The molecule has 0 aliphatic carbocycles. The van der Waals surface area contributed by atoms with Crippen LogP contribution in [0.3, 0.4) is 0 Å². The zero-order valence-corrected chi connectivity index (χ0v) is 10.6. The van der Waals surface area contributed by atoms with Crippen LogP contribution in [0, 0.1) is 0 Å². The van der Waals surface area contributed by atoms with Crippen LogP contribution >= 0.6 is 23.4 Å². The molecule has 0 amide bonds. The van der Waals surface area contributed by atoms with Gasteiger partial charge in [0, 0.05) is 6.20 Å². The van der Waals surface area contributed by atoms with E-state index in [1.165, 1.54) is 0 Å². The van der Waals surface area contributed by atoms with Gasteiger partial charge in [-0.1, -0.05) is 11.6 Å². The highest BCUT2D eigenvalue weighted by Crippen LogP contribution is 2.40. The molecule has 9 heteroatoms. The van der Waals surface area contributed by atoms with E-state index in [2.05, 4.69) is 0 Å². The molecule has 1 fully saturated rings. The van der Waals surface area contributed by atoms with E-state index in [0.29, 0.717) is 0 Å². The summed E-state index contributed by atoms with van der Waals surface area (Å²) in [5.74, 6) is 0.